The van der Waals surface area contributed by atoms with Gasteiger partial charge in [-0.25, -0.2) is 0 Å². The van der Waals surface area contributed by atoms with Crippen molar-refractivity contribution in [2.75, 3.05) is 5.75 Å². The molecule has 0 amide bonds. The van der Waals surface area contributed by atoms with Gasteiger partial charge in [0.1, 0.15) is 0 Å². The van der Waals surface area contributed by atoms with Gasteiger partial charge in [0.2, 0.25) is 4.45 Å². The van der Waals surface area contributed by atoms with Gasteiger partial charge in [-0.15, -0.1) is 5.16 Å². The monoisotopic (exact) mass is 177 g/mol. The largest absolute Gasteiger partial charge is 0.411 e. The molecule has 1 aliphatic heterocycles. The van der Waals surface area contributed by atoms with E-state index in [1.165, 1.54) is 29.7 Å². The van der Waals surface area contributed by atoms with Crippen LogP contribution in [0.1, 0.15) is 6.92 Å². The normalized spacial score (nSPS) is 33.9. The Labute approximate surface area is 67.2 Å². The third-order valence-electron chi connectivity index (χ3n) is 1.12. The molecule has 1 heterocycles. The molecular formula is C5H7NO2S2. The van der Waals surface area contributed by atoms with Crippen LogP contribution in [0.3, 0.4) is 0 Å². The first-order chi connectivity index (χ1) is 4.66. The van der Waals surface area contributed by atoms with Crippen LogP contribution in [0.5, 0.6) is 0 Å². The maximum atomic E-state index is 10.7. The van der Waals surface area contributed by atoms with E-state index in [2.05, 4.69) is 5.16 Å². The van der Waals surface area contributed by atoms with Gasteiger partial charge in [0.15, 0.2) is 0 Å². The average Bonchev–Trinajstić information content (AvgIpc) is 2.12. The number of oxime groups is 1. The molecule has 1 fully saturated rings. The summed E-state index contributed by atoms with van der Waals surface area (Å²) in [5.74, 6) is 0.695. The lowest BCUT2D eigenvalue weighted by Crippen LogP contribution is -2.21. The van der Waals surface area contributed by atoms with Crippen molar-refractivity contribution in [2.45, 2.75) is 11.7 Å². The maximum Gasteiger partial charge on any atom is 0.247 e. The van der Waals surface area contributed by atoms with E-state index in [1.807, 2.05) is 6.92 Å². The quantitative estimate of drug-likeness (QED) is 0.377. The second-order valence-corrected chi connectivity index (χ2v) is 4.91. The molecule has 0 spiro atoms. The SMILES string of the molecule is C[C@]1(/C=N\O)CSC(=O)S1. The minimum atomic E-state index is -0.295. The molecule has 0 saturated carbocycles. The Bertz CT molecular complexity index is 182. The number of thioether (sulfide) groups is 2. The summed E-state index contributed by atoms with van der Waals surface area (Å²) >= 11 is 2.47. The summed E-state index contributed by atoms with van der Waals surface area (Å²) in [4.78, 5) is 10.7. The van der Waals surface area contributed by atoms with E-state index in [4.69, 9.17) is 5.21 Å². The van der Waals surface area contributed by atoms with E-state index in [-0.39, 0.29) is 9.19 Å². The lowest BCUT2D eigenvalue weighted by molar-refractivity contribution is 0.277. The highest BCUT2D eigenvalue weighted by Crippen LogP contribution is 2.40. The lowest BCUT2D eigenvalue weighted by atomic mass is 10.2. The highest BCUT2D eigenvalue weighted by Gasteiger charge is 2.34. The first kappa shape index (κ1) is 7.94. The van der Waals surface area contributed by atoms with Crippen molar-refractivity contribution in [3.8, 4) is 0 Å². The van der Waals surface area contributed by atoms with Gasteiger partial charge in [-0.1, -0.05) is 23.5 Å². The molecule has 1 atom stereocenters. The number of nitrogens with zero attached hydrogens (tertiary/aromatic N) is 1. The fourth-order valence-corrected chi connectivity index (χ4v) is 2.99. The van der Waals surface area contributed by atoms with Crippen LogP contribution in [0, 0.1) is 0 Å². The van der Waals surface area contributed by atoms with Crippen LogP contribution in [-0.4, -0.2) is 26.4 Å². The number of hydrogen-bond acceptors (Lipinski definition) is 5. The van der Waals surface area contributed by atoms with E-state index < -0.39 is 0 Å². The molecule has 1 N–H and O–H groups in total. The van der Waals surface area contributed by atoms with Crippen molar-refractivity contribution in [1.82, 2.24) is 0 Å². The van der Waals surface area contributed by atoms with Crippen LogP contribution in [0.4, 0.5) is 4.79 Å². The molecule has 0 unspecified atom stereocenters. The molecule has 0 aromatic rings. The van der Waals surface area contributed by atoms with Crippen molar-refractivity contribution in [1.29, 1.82) is 0 Å². The second-order valence-electron chi connectivity index (χ2n) is 2.20. The van der Waals surface area contributed by atoms with Gasteiger partial charge in [0.25, 0.3) is 0 Å². The molecule has 0 radical (unpaired) electrons. The molecule has 5 heteroatoms. The zero-order valence-corrected chi connectivity index (χ0v) is 7.04. The zero-order valence-electron chi connectivity index (χ0n) is 5.40. The molecule has 3 nitrogen and oxygen atoms in total. The van der Waals surface area contributed by atoms with E-state index in [0.717, 1.165) is 0 Å². The molecule has 0 aliphatic carbocycles. The number of hydrogen-bond donors (Lipinski definition) is 1. The van der Waals surface area contributed by atoms with E-state index in [0.29, 0.717) is 5.75 Å². The van der Waals surface area contributed by atoms with Crippen LogP contribution >= 0.6 is 23.5 Å². The summed E-state index contributed by atoms with van der Waals surface area (Å²) in [6, 6.07) is 0. The smallest absolute Gasteiger partial charge is 0.247 e. The van der Waals surface area contributed by atoms with Gasteiger partial charge >= 0.3 is 0 Å². The minimum Gasteiger partial charge on any atom is -0.411 e. The first-order valence-corrected chi connectivity index (χ1v) is 4.51. The van der Waals surface area contributed by atoms with Crippen LogP contribution in [0.15, 0.2) is 5.16 Å². The van der Waals surface area contributed by atoms with Gasteiger partial charge < -0.3 is 5.21 Å². The molecule has 1 rings (SSSR count). The van der Waals surface area contributed by atoms with Crippen LogP contribution in [0.25, 0.3) is 0 Å². The molecule has 0 bridgehead atoms. The van der Waals surface area contributed by atoms with Crippen LogP contribution in [0.2, 0.25) is 0 Å². The average molecular weight is 177 g/mol. The van der Waals surface area contributed by atoms with Gasteiger partial charge in [0, 0.05) is 5.75 Å². The molecule has 1 saturated heterocycles. The number of carbonyl (C=O) groups is 1. The van der Waals surface area contributed by atoms with Crippen molar-refractivity contribution in [3.63, 3.8) is 0 Å². The standard InChI is InChI=1S/C5H7NO2S2/c1-5(2-6-8)3-9-4(7)10-5/h2,8H,3H2,1H3/b6-2-/t5-/m0/s1. The van der Waals surface area contributed by atoms with Gasteiger partial charge in [-0.3, -0.25) is 4.79 Å². The lowest BCUT2D eigenvalue weighted by Gasteiger charge is -2.10. The Balaban J connectivity index is 2.63. The van der Waals surface area contributed by atoms with Crippen molar-refractivity contribution >= 4 is 34.2 Å². The van der Waals surface area contributed by atoms with E-state index in [9.17, 15) is 4.79 Å². The predicted molar refractivity (Wildman–Crippen MR) is 44.1 cm³/mol. The van der Waals surface area contributed by atoms with E-state index >= 15 is 0 Å². The summed E-state index contributed by atoms with van der Waals surface area (Å²) in [5, 5.41) is 11.1. The fourth-order valence-electron chi connectivity index (χ4n) is 0.637. The fraction of sp³-hybridized carbons (Fsp3) is 0.600. The second kappa shape index (κ2) is 2.84. The third kappa shape index (κ3) is 1.67. The molecule has 10 heavy (non-hydrogen) atoms. The zero-order chi connectivity index (χ0) is 7.61. The maximum absolute atomic E-state index is 10.7. The van der Waals surface area contributed by atoms with E-state index in [1.54, 1.807) is 0 Å². The highest BCUT2D eigenvalue weighted by molar-refractivity contribution is 8.42. The van der Waals surface area contributed by atoms with Crippen molar-refractivity contribution < 1.29 is 10.0 Å². The minimum absolute atomic E-state index is 0.0994. The summed E-state index contributed by atoms with van der Waals surface area (Å²) in [6.45, 7) is 1.87. The van der Waals surface area contributed by atoms with Gasteiger partial charge in [0.05, 0.1) is 11.0 Å². The summed E-state index contributed by atoms with van der Waals surface area (Å²) < 4.78 is -0.196. The Morgan fingerprint density at radius 3 is 3.00 bits per heavy atom. The predicted octanol–water partition coefficient (Wildman–Crippen LogP) is 1.81. The molecule has 0 aromatic heterocycles. The summed E-state index contributed by atoms with van der Waals surface area (Å²) in [6.07, 6.45) is 1.40. The molecule has 1 aliphatic rings. The van der Waals surface area contributed by atoms with Gasteiger partial charge in [-0.2, -0.15) is 0 Å². The Kier molecular flexibility index (Phi) is 2.25. The van der Waals surface area contributed by atoms with Gasteiger partial charge in [-0.05, 0) is 6.92 Å². The number of rotatable bonds is 1. The Morgan fingerprint density at radius 1 is 1.90 bits per heavy atom. The van der Waals surface area contributed by atoms with Crippen LogP contribution in [-0.2, 0) is 0 Å². The van der Waals surface area contributed by atoms with Crippen molar-refractivity contribution in [3.05, 3.63) is 0 Å². The third-order valence-corrected chi connectivity index (χ3v) is 3.77. The first-order valence-electron chi connectivity index (χ1n) is 2.71. The Morgan fingerprint density at radius 2 is 2.60 bits per heavy atom. The summed E-state index contributed by atoms with van der Waals surface area (Å²) in [7, 11) is 0. The van der Waals surface area contributed by atoms with Crippen molar-refractivity contribution in [2.24, 2.45) is 5.16 Å². The van der Waals surface area contributed by atoms with Crippen LogP contribution < -0.4 is 0 Å². The number of carbonyl (C=O) groups excluding carboxylic acids is 1. The topological polar surface area (TPSA) is 49.7 Å². The molecule has 56 valence electrons. The molecular weight excluding hydrogens is 170 g/mol. The highest BCUT2D eigenvalue weighted by atomic mass is 32.2. The Hall–Kier alpha value is -0.160. The molecule has 0 aromatic carbocycles. The summed E-state index contributed by atoms with van der Waals surface area (Å²) in [5.41, 5.74) is 0.